The second kappa shape index (κ2) is 16.1. The number of carboxylic acid groups (broad SMARTS) is 1. The summed E-state index contributed by atoms with van der Waals surface area (Å²) in [5.41, 5.74) is 2.32. The Bertz CT molecular complexity index is 740. The van der Waals surface area contributed by atoms with E-state index in [1.165, 1.54) is 5.56 Å². The number of hydrogen-bond acceptors (Lipinski definition) is 7. The monoisotopic (exact) mass is 495 g/mol. The summed E-state index contributed by atoms with van der Waals surface area (Å²) in [7, 11) is 0. The number of unbranched alkanes of at least 4 members (excludes halogenated alkanes) is 2. The van der Waals surface area contributed by atoms with Gasteiger partial charge in [-0.25, -0.2) is 4.79 Å². The van der Waals surface area contributed by atoms with Crippen LogP contribution in [0.3, 0.4) is 0 Å². The van der Waals surface area contributed by atoms with Gasteiger partial charge in [0.05, 0.1) is 25.4 Å². The molecule has 200 valence electrons. The maximum Gasteiger partial charge on any atom is 0.341 e. The third kappa shape index (κ3) is 9.69. The number of carboxylic acids is 1. The van der Waals surface area contributed by atoms with Gasteiger partial charge in [0.1, 0.15) is 5.75 Å². The van der Waals surface area contributed by atoms with E-state index in [0.29, 0.717) is 30.7 Å². The Morgan fingerprint density at radius 2 is 1.89 bits per heavy atom. The lowest BCUT2D eigenvalue weighted by atomic mass is 9.73. The minimum absolute atomic E-state index is 0.139. The lowest BCUT2D eigenvalue weighted by molar-refractivity contribution is -0.139. The summed E-state index contributed by atoms with van der Waals surface area (Å²) >= 11 is 0. The molecule has 35 heavy (non-hydrogen) atoms. The Kier molecular flexibility index (Phi) is 13.6. The molecule has 1 aromatic rings. The van der Waals surface area contributed by atoms with E-state index < -0.39 is 5.97 Å². The third-order valence-corrected chi connectivity index (χ3v) is 7.25. The molecule has 0 aliphatic heterocycles. The smallest absolute Gasteiger partial charge is 0.341 e. The first-order chi connectivity index (χ1) is 16.9. The molecule has 2 aliphatic rings. The third-order valence-electron chi connectivity index (χ3n) is 7.25. The standard InChI is InChI=1S/C23H34O5.C4H11NO2/c1-2-3-4-7-17(24)9-10-18-19-11-15-6-5-8-22(28-14-23(26)27)20(15)12-16(19)13-21(18)25;6-3-1-5-2-4-7/h5-6,8,16-19,21,24-25H,2-4,7,9-14H2,1H3,(H,26,27);5-7H,1-4H2. The normalized spacial score (nSPS) is 23.6. The van der Waals surface area contributed by atoms with Gasteiger partial charge in [-0.15, -0.1) is 0 Å². The molecule has 1 aromatic carbocycles. The molecule has 8 nitrogen and oxygen atoms in total. The molecule has 8 heteroatoms. The first kappa shape index (κ1) is 29.5. The molecule has 6 N–H and O–H groups in total. The number of rotatable bonds is 14. The predicted octanol–water partition coefficient (Wildman–Crippen LogP) is 2.14. The average molecular weight is 496 g/mol. The molecule has 0 heterocycles. The van der Waals surface area contributed by atoms with Crippen LogP contribution in [0.25, 0.3) is 0 Å². The second-order valence-electron chi connectivity index (χ2n) is 9.80. The minimum Gasteiger partial charge on any atom is -0.482 e. The van der Waals surface area contributed by atoms with Gasteiger partial charge in [0.25, 0.3) is 0 Å². The van der Waals surface area contributed by atoms with Crippen molar-refractivity contribution in [1.82, 2.24) is 5.32 Å². The molecule has 3 rings (SSSR count). The molecular weight excluding hydrogens is 450 g/mol. The van der Waals surface area contributed by atoms with Crippen molar-refractivity contribution < 1.29 is 35.1 Å². The molecule has 1 saturated carbocycles. The molecule has 0 radical (unpaired) electrons. The molecule has 0 bridgehead atoms. The van der Waals surface area contributed by atoms with Crippen molar-refractivity contribution in [2.24, 2.45) is 17.8 Å². The van der Waals surface area contributed by atoms with Gasteiger partial charge in [-0.05, 0) is 73.5 Å². The molecule has 0 amide bonds. The van der Waals surface area contributed by atoms with Gasteiger partial charge in [0.2, 0.25) is 0 Å². The molecule has 0 aromatic heterocycles. The highest BCUT2D eigenvalue weighted by Gasteiger charge is 2.44. The van der Waals surface area contributed by atoms with Crippen LogP contribution in [0.4, 0.5) is 0 Å². The van der Waals surface area contributed by atoms with E-state index in [0.717, 1.165) is 63.4 Å². The summed E-state index contributed by atoms with van der Waals surface area (Å²) in [5, 5.41) is 48.9. The summed E-state index contributed by atoms with van der Waals surface area (Å²) in [4.78, 5) is 10.8. The summed E-state index contributed by atoms with van der Waals surface area (Å²) in [6.45, 7) is 3.26. The Labute approximate surface area is 209 Å². The van der Waals surface area contributed by atoms with Crippen LogP contribution in [0.15, 0.2) is 18.2 Å². The van der Waals surface area contributed by atoms with Crippen molar-refractivity contribution >= 4 is 5.97 Å². The maximum atomic E-state index is 10.8. The summed E-state index contributed by atoms with van der Waals surface area (Å²) in [6, 6.07) is 5.87. The molecule has 5 unspecified atom stereocenters. The van der Waals surface area contributed by atoms with Crippen LogP contribution >= 0.6 is 0 Å². The first-order valence-electron chi connectivity index (χ1n) is 13.1. The topological polar surface area (TPSA) is 139 Å². The van der Waals surface area contributed by atoms with Crippen molar-refractivity contribution in [2.75, 3.05) is 32.9 Å². The average Bonchev–Trinajstić information content (AvgIpc) is 3.14. The largest absolute Gasteiger partial charge is 0.482 e. The number of fused-ring (bicyclic) bond motifs is 2. The quantitative estimate of drug-likeness (QED) is 0.216. The Hall–Kier alpha value is -1.71. The van der Waals surface area contributed by atoms with Gasteiger partial charge in [-0.3, -0.25) is 0 Å². The fourth-order valence-electron chi connectivity index (χ4n) is 5.52. The van der Waals surface area contributed by atoms with E-state index in [9.17, 15) is 15.0 Å². The zero-order valence-electron chi connectivity index (χ0n) is 21.1. The van der Waals surface area contributed by atoms with E-state index >= 15 is 0 Å². The Balaban J connectivity index is 0.000000540. The molecule has 2 aliphatic carbocycles. The summed E-state index contributed by atoms with van der Waals surface area (Å²) in [5.74, 6) is 0.768. The number of carbonyl (C=O) groups is 1. The van der Waals surface area contributed by atoms with E-state index in [1.54, 1.807) is 0 Å². The predicted molar refractivity (Wildman–Crippen MR) is 134 cm³/mol. The van der Waals surface area contributed by atoms with Gasteiger partial charge in [0, 0.05) is 13.1 Å². The Morgan fingerprint density at radius 1 is 1.14 bits per heavy atom. The molecular formula is C27H45NO7. The van der Waals surface area contributed by atoms with Crippen molar-refractivity contribution in [1.29, 1.82) is 0 Å². The zero-order chi connectivity index (χ0) is 25.6. The highest BCUT2D eigenvalue weighted by molar-refractivity contribution is 5.68. The first-order valence-corrected chi connectivity index (χ1v) is 13.1. The molecule has 0 saturated heterocycles. The van der Waals surface area contributed by atoms with Gasteiger partial charge < -0.3 is 35.6 Å². The van der Waals surface area contributed by atoms with E-state index in [4.69, 9.17) is 20.1 Å². The van der Waals surface area contributed by atoms with E-state index in [1.807, 2.05) is 12.1 Å². The van der Waals surface area contributed by atoms with Crippen LogP contribution in [0.5, 0.6) is 5.75 Å². The molecule has 0 spiro atoms. The molecule has 1 fully saturated rings. The number of hydrogen-bond donors (Lipinski definition) is 6. The van der Waals surface area contributed by atoms with Gasteiger partial charge in [-0.2, -0.15) is 0 Å². The summed E-state index contributed by atoms with van der Waals surface area (Å²) in [6.07, 6.45) is 7.85. The van der Waals surface area contributed by atoms with Crippen LogP contribution in [-0.2, 0) is 17.6 Å². The van der Waals surface area contributed by atoms with E-state index in [2.05, 4.69) is 18.3 Å². The fourth-order valence-corrected chi connectivity index (χ4v) is 5.52. The summed E-state index contributed by atoms with van der Waals surface area (Å²) < 4.78 is 5.50. The van der Waals surface area contributed by atoms with E-state index in [-0.39, 0.29) is 37.9 Å². The Morgan fingerprint density at radius 3 is 2.54 bits per heavy atom. The fraction of sp³-hybridized carbons (Fsp3) is 0.741. The van der Waals surface area contributed by atoms with Gasteiger partial charge >= 0.3 is 5.97 Å². The zero-order valence-corrected chi connectivity index (χ0v) is 21.1. The van der Waals surface area contributed by atoms with Crippen molar-refractivity contribution in [3.8, 4) is 5.75 Å². The maximum absolute atomic E-state index is 10.8. The number of aliphatic hydroxyl groups is 4. The molecule has 5 atom stereocenters. The number of aliphatic hydroxyl groups excluding tert-OH is 4. The van der Waals surface area contributed by atoms with Crippen LogP contribution in [0.1, 0.15) is 63.0 Å². The van der Waals surface area contributed by atoms with Crippen LogP contribution in [0.2, 0.25) is 0 Å². The number of benzene rings is 1. The van der Waals surface area contributed by atoms with Crippen LogP contribution in [-0.4, -0.2) is 76.6 Å². The highest BCUT2D eigenvalue weighted by atomic mass is 16.5. The number of aliphatic carboxylic acids is 1. The van der Waals surface area contributed by atoms with Crippen LogP contribution < -0.4 is 10.1 Å². The van der Waals surface area contributed by atoms with Crippen molar-refractivity contribution in [2.45, 2.75) is 76.9 Å². The van der Waals surface area contributed by atoms with Crippen LogP contribution in [0, 0.1) is 17.8 Å². The number of nitrogens with one attached hydrogen (secondary N) is 1. The minimum atomic E-state index is -0.972. The second-order valence-corrected chi connectivity index (χ2v) is 9.80. The van der Waals surface area contributed by atoms with Gasteiger partial charge in [0.15, 0.2) is 6.61 Å². The SMILES string of the molecule is CCCCCC(O)CCC1C(O)CC2Cc3c(cccc3OCC(=O)O)CC21.OCCNCCO. The lowest BCUT2D eigenvalue weighted by Crippen LogP contribution is -2.28. The highest BCUT2D eigenvalue weighted by Crippen LogP contribution is 2.48. The van der Waals surface area contributed by atoms with Gasteiger partial charge in [-0.1, -0.05) is 38.3 Å². The van der Waals surface area contributed by atoms with Crippen molar-refractivity contribution in [3.05, 3.63) is 29.3 Å². The lowest BCUT2D eigenvalue weighted by Gasteiger charge is -2.32. The number of ether oxygens (including phenoxy) is 1. The van der Waals surface area contributed by atoms with Crippen molar-refractivity contribution in [3.63, 3.8) is 0 Å².